The maximum absolute atomic E-state index is 15.2. The average molecular weight is 651 g/mol. The van der Waals surface area contributed by atoms with Crippen molar-refractivity contribution in [2.24, 2.45) is 11.5 Å². The molecule has 2 aromatic carbocycles. The number of rotatable bonds is 13. The van der Waals surface area contributed by atoms with E-state index < -0.39 is 11.5 Å². The molecule has 46 heavy (non-hydrogen) atoms. The van der Waals surface area contributed by atoms with E-state index in [1.54, 1.807) is 31.5 Å². The van der Waals surface area contributed by atoms with Gasteiger partial charge in [-0.1, -0.05) is 30.2 Å². The highest BCUT2D eigenvalue weighted by molar-refractivity contribution is 6.31. The number of nitrogens with one attached hydrogen (secondary N) is 4. The Balaban J connectivity index is 1.32. The first-order valence-electron chi connectivity index (χ1n) is 15.9. The third kappa shape index (κ3) is 8.21. The molecule has 1 fully saturated rings. The van der Waals surface area contributed by atoms with Gasteiger partial charge in [-0.15, -0.1) is 0 Å². The third-order valence-corrected chi connectivity index (χ3v) is 8.86. The summed E-state index contributed by atoms with van der Waals surface area (Å²) in [5.41, 5.74) is 15.0. The summed E-state index contributed by atoms with van der Waals surface area (Å²) in [7, 11) is 1.66. The molecule has 5 rings (SSSR count). The minimum absolute atomic E-state index is 0.00518. The SMILES string of the molecule is COC[C@H](C[C@@H]1CCC[C@@H](c2ccc(-n3cc4cc(-c5cc(CCC[C@H](C)N)cc(Cl)c5F)[nH]c4nc3=O)cc2)N1)NC(=N)CN. The van der Waals surface area contributed by atoms with Gasteiger partial charge in [0.05, 0.1) is 35.6 Å². The molecule has 0 spiro atoms. The van der Waals surface area contributed by atoms with Crippen molar-refractivity contribution >= 4 is 28.5 Å². The Kier molecular flexibility index (Phi) is 11.2. The summed E-state index contributed by atoms with van der Waals surface area (Å²) >= 11 is 6.27. The summed E-state index contributed by atoms with van der Waals surface area (Å²) in [5.74, 6) is -0.215. The van der Waals surface area contributed by atoms with Crippen LogP contribution in [0.4, 0.5) is 4.39 Å². The van der Waals surface area contributed by atoms with Crippen molar-refractivity contribution in [3.63, 3.8) is 0 Å². The number of fused-ring (bicyclic) bond motifs is 1. The number of aryl methyl sites for hydroxylation is 1. The Hall–Kier alpha value is -3.61. The van der Waals surface area contributed by atoms with Gasteiger partial charge in [-0.2, -0.15) is 4.98 Å². The molecule has 0 bridgehead atoms. The normalized spacial score (nSPS) is 18.0. The fourth-order valence-electron chi connectivity index (χ4n) is 6.29. The van der Waals surface area contributed by atoms with Crippen molar-refractivity contribution in [3.05, 3.63) is 81.1 Å². The van der Waals surface area contributed by atoms with E-state index >= 15 is 4.39 Å². The lowest BCUT2D eigenvalue weighted by atomic mass is 9.90. The van der Waals surface area contributed by atoms with Crippen LogP contribution in [0.15, 0.2) is 53.5 Å². The van der Waals surface area contributed by atoms with Crippen LogP contribution in [-0.2, 0) is 11.2 Å². The highest BCUT2D eigenvalue weighted by Crippen LogP contribution is 2.32. The molecule has 0 aliphatic carbocycles. The first-order chi connectivity index (χ1) is 22.1. The predicted octanol–water partition coefficient (Wildman–Crippen LogP) is 4.96. The zero-order chi connectivity index (χ0) is 32.8. The Bertz CT molecular complexity index is 1700. The molecule has 3 heterocycles. The number of benzene rings is 2. The molecular weight excluding hydrogens is 607 g/mol. The first-order valence-corrected chi connectivity index (χ1v) is 16.3. The molecular formula is C34H44ClFN8O2. The van der Waals surface area contributed by atoms with Crippen LogP contribution in [0.25, 0.3) is 28.0 Å². The Morgan fingerprint density at radius 1 is 1.26 bits per heavy atom. The largest absolute Gasteiger partial charge is 0.383 e. The number of amidine groups is 1. The van der Waals surface area contributed by atoms with E-state index in [-0.39, 0.29) is 35.7 Å². The molecule has 4 atom stereocenters. The number of aromatic nitrogens is 3. The monoisotopic (exact) mass is 650 g/mol. The minimum atomic E-state index is -0.519. The zero-order valence-electron chi connectivity index (χ0n) is 26.4. The number of ether oxygens (including phenoxy) is 1. The first kappa shape index (κ1) is 33.7. The number of methoxy groups -OCH3 is 1. The van der Waals surface area contributed by atoms with E-state index in [4.69, 9.17) is 33.2 Å². The molecule has 2 aromatic heterocycles. The van der Waals surface area contributed by atoms with Gasteiger partial charge in [-0.25, -0.2) is 9.18 Å². The summed E-state index contributed by atoms with van der Waals surface area (Å²) in [4.78, 5) is 20.5. The van der Waals surface area contributed by atoms with E-state index in [0.29, 0.717) is 40.4 Å². The number of hydrogen-bond donors (Lipinski definition) is 6. The Morgan fingerprint density at radius 2 is 2.04 bits per heavy atom. The van der Waals surface area contributed by atoms with E-state index in [0.717, 1.165) is 56.1 Å². The van der Waals surface area contributed by atoms with Gasteiger partial charge < -0.3 is 31.8 Å². The van der Waals surface area contributed by atoms with E-state index in [1.165, 1.54) is 4.57 Å². The maximum atomic E-state index is 15.2. The van der Waals surface area contributed by atoms with Gasteiger partial charge in [0.1, 0.15) is 11.5 Å². The van der Waals surface area contributed by atoms with Crippen molar-refractivity contribution in [1.82, 2.24) is 25.2 Å². The molecule has 0 amide bonds. The lowest BCUT2D eigenvalue weighted by Crippen LogP contribution is -2.47. The molecule has 0 radical (unpaired) electrons. The minimum Gasteiger partial charge on any atom is -0.383 e. The number of nitrogens with two attached hydrogens (primary N) is 2. The Labute approximate surface area is 273 Å². The number of halogens is 2. The predicted molar refractivity (Wildman–Crippen MR) is 182 cm³/mol. The quantitative estimate of drug-likeness (QED) is 0.0881. The summed E-state index contributed by atoms with van der Waals surface area (Å²) in [6.45, 7) is 2.63. The molecule has 10 nitrogen and oxygen atoms in total. The highest BCUT2D eigenvalue weighted by Gasteiger charge is 2.25. The van der Waals surface area contributed by atoms with Crippen molar-refractivity contribution < 1.29 is 9.13 Å². The number of aromatic amines is 1. The number of hydrogen-bond acceptors (Lipinski definition) is 7. The fourth-order valence-corrected chi connectivity index (χ4v) is 6.53. The van der Waals surface area contributed by atoms with E-state index in [9.17, 15) is 4.79 Å². The summed E-state index contributed by atoms with van der Waals surface area (Å²) in [6, 6.07) is 13.7. The van der Waals surface area contributed by atoms with Crippen molar-refractivity contribution in [3.8, 4) is 16.9 Å². The van der Waals surface area contributed by atoms with Crippen molar-refractivity contribution in [1.29, 1.82) is 5.41 Å². The van der Waals surface area contributed by atoms with Crippen molar-refractivity contribution in [2.45, 2.75) is 76.0 Å². The lowest BCUT2D eigenvalue weighted by Gasteiger charge is -2.34. The molecule has 4 aromatic rings. The zero-order valence-corrected chi connectivity index (χ0v) is 27.2. The maximum Gasteiger partial charge on any atom is 0.354 e. The smallest absolute Gasteiger partial charge is 0.354 e. The highest BCUT2D eigenvalue weighted by atomic mass is 35.5. The topological polar surface area (TPSA) is 160 Å². The Morgan fingerprint density at radius 3 is 2.76 bits per heavy atom. The van der Waals surface area contributed by atoms with Gasteiger partial charge >= 0.3 is 5.69 Å². The second kappa shape index (κ2) is 15.3. The van der Waals surface area contributed by atoms with Gasteiger partial charge in [0.2, 0.25) is 0 Å². The molecule has 1 aliphatic heterocycles. The number of nitrogens with zero attached hydrogens (tertiary/aromatic N) is 2. The van der Waals surface area contributed by atoms with Crippen LogP contribution in [-0.4, -0.2) is 58.8 Å². The number of piperidine rings is 1. The fraction of sp³-hybridized carbons (Fsp3) is 0.441. The van der Waals surface area contributed by atoms with Crippen molar-refractivity contribution in [2.75, 3.05) is 20.3 Å². The molecule has 8 N–H and O–H groups in total. The van der Waals surface area contributed by atoms with Crippen LogP contribution in [0.3, 0.4) is 0 Å². The molecule has 1 aliphatic rings. The van der Waals surface area contributed by atoms with Gasteiger partial charge in [0.25, 0.3) is 0 Å². The molecule has 12 heteroatoms. The average Bonchev–Trinajstić information content (AvgIpc) is 3.45. The lowest BCUT2D eigenvalue weighted by molar-refractivity contribution is 0.158. The summed E-state index contributed by atoms with van der Waals surface area (Å²) < 4.78 is 22.0. The standard InChI is InChI=1S/C34H44ClFN8O2/c1-20(38)5-3-6-21-13-27(32(36)28(35)14-21)30-15-23-18-44(34(45)43-33(23)42-30)26-11-9-22(10-12-26)29-8-4-7-24(40-29)16-25(19-46-2)41-31(39)17-37/h9-15,18,20,24-25,29,40H,3-8,16-17,19,37-38H2,1-2H3,(H2,39,41)(H,42,43,45)/t20-,24-,25-,29-/m0/s1. The second-order valence-corrected chi connectivity index (χ2v) is 12.7. The van der Waals surface area contributed by atoms with Crippen LogP contribution >= 0.6 is 11.6 Å². The van der Waals surface area contributed by atoms with Gasteiger partial charge in [0.15, 0.2) is 5.82 Å². The molecule has 0 unspecified atom stereocenters. The van der Waals surface area contributed by atoms with E-state index in [2.05, 4.69) is 20.6 Å². The second-order valence-electron chi connectivity index (χ2n) is 12.3. The summed E-state index contributed by atoms with van der Waals surface area (Å²) in [5, 5.41) is 15.6. The van der Waals surface area contributed by atoms with Gasteiger partial charge in [0, 0.05) is 42.4 Å². The van der Waals surface area contributed by atoms with E-state index in [1.807, 2.05) is 31.2 Å². The number of H-pyrrole nitrogens is 1. The van der Waals surface area contributed by atoms with Crippen LogP contribution in [0, 0.1) is 11.2 Å². The summed E-state index contributed by atoms with van der Waals surface area (Å²) in [6.07, 6.45) is 8.13. The van der Waals surface area contributed by atoms with Crippen LogP contribution in [0.2, 0.25) is 5.02 Å². The molecule has 246 valence electrons. The van der Waals surface area contributed by atoms with Gasteiger partial charge in [-0.05, 0) is 86.9 Å². The van der Waals surface area contributed by atoms with Crippen LogP contribution in [0.1, 0.15) is 62.6 Å². The molecule has 1 saturated heterocycles. The van der Waals surface area contributed by atoms with Crippen LogP contribution in [0.5, 0.6) is 0 Å². The molecule has 0 saturated carbocycles. The van der Waals surface area contributed by atoms with Gasteiger partial charge in [-0.3, -0.25) is 9.98 Å². The van der Waals surface area contributed by atoms with Crippen LogP contribution < -0.4 is 27.8 Å². The third-order valence-electron chi connectivity index (χ3n) is 8.59.